The quantitative estimate of drug-likeness (QED) is 0.353. The number of nitrogens with one attached hydrogen (secondary N) is 1. The first-order chi connectivity index (χ1) is 17.6. The molecule has 37 heavy (non-hydrogen) atoms. The topological polar surface area (TPSA) is 84.1 Å². The van der Waals surface area contributed by atoms with Crippen molar-refractivity contribution in [1.82, 2.24) is 9.97 Å². The highest BCUT2D eigenvalue weighted by Gasteiger charge is 2.42. The van der Waals surface area contributed by atoms with Crippen molar-refractivity contribution in [3.05, 3.63) is 77.1 Å². The summed E-state index contributed by atoms with van der Waals surface area (Å²) in [7, 11) is 0. The minimum atomic E-state index is -3.58. The third-order valence-corrected chi connectivity index (χ3v) is 6.87. The second kappa shape index (κ2) is 11.0. The fourth-order valence-electron chi connectivity index (χ4n) is 4.12. The van der Waals surface area contributed by atoms with Gasteiger partial charge in [-0.25, -0.2) is 18.7 Å². The Balaban J connectivity index is 1.67. The summed E-state index contributed by atoms with van der Waals surface area (Å²) in [5, 5.41) is 3.04. The molecule has 1 aliphatic rings. The van der Waals surface area contributed by atoms with Crippen LogP contribution in [0.1, 0.15) is 35.9 Å². The SMILES string of the molecule is CC(=O)SCCc1ccccc1CNc1nc(C(F)(F)c2ccccc2)nc(N2CCC(F)(F)C2)c1N. The van der Waals surface area contributed by atoms with Gasteiger partial charge in [0, 0.05) is 37.8 Å². The van der Waals surface area contributed by atoms with Crippen LogP contribution in [-0.2, 0) is 23.7 Å². The molecule has 1 fully saturated rings. The van der Waals surface area contributed by atoms with Crippen molar-refractivity contribution in [1.29, 1.82) is 0 Å². The van der Waals surface area contributed by atoms with E-state index in [0.717, 1.165) is 11.1 Å². The van der Waals surface area contributed by atoms with Crippen LogP contribution in [0, 0.1) is 0 Å². The van der Waals surface area contributed by atoms with Crippen LogP contribution >= 0.6 is 11.8 Å². The van der Waals surface area contributed by atoms with Crippen LogP contribution in [0.4, 0.5) is 34.9 Å². The Kier molecular flexibility index (Phi) is 7.91. The van der Waals surface area contributed by atoms with E-state index < -0.39 is 30.6 Å². The second-order valence-corrected chi connectivity index (χ2v) is 10.1. The molecule has 196 valence electrons. The lowest BCUT2D eigenvalue weighted by molar-refractivity contribution is -0.109. The van der Waals surface area contributed by atoms with Crippen LogP contribution in [0.25, 0.3) is 0 Å². The molecule has 11 heteroatoms. The van der Waals surface area contributed by atoms with Crippen molar-refractivity contribution in [3.63, 3.8) is 0 Å². The van der Waals surface area contributed by atoms with Gasteiger partial charge in [0.1, 0.15) is 5.69 Å². The molecular weight excluding hydrogens is 506 g/mol. The van der Waals surface area contributed by atoms with Gasteiger partial charge in [0.25, 0.3) is 5.92 Å². The Morgan fingerprint density at radius 3 is 2.43 bits per heavy atom. The van der Waals surface area contributed by atoms with Gasteiger partial charge < -0.3 is 16.0 Å². The lowest BCUT2D eigenvalue weighted by atomic mass is 10.1. The molecule has 0 amide bonds. The largest absolute Gasteiger partial charge is 0.393 e. The summed E-state index contributed by atoms with van der Waals surface area (Å²) in [6.07, 6.45) is 0.210. The molecule has 0 saturated carbocycles. The number of thioether (sulfide) groups is 1. The zero-order chi connectivity index (χ0) is 26.6. The number of nitrogens with two attached hydrogens (primary N) is 1. The average Bonchev–Trinajstić information content (AvgIpc) is 3.23. The standard InChI is InChI=1S/C26H27F4N5OS/c1-17(36)37-14-11-18-7-5-6-8-19(18)15-32-22-21(31)23(35-13-12-25(27,28)16-35)34-24(33-22)26(29,30)20-9-3-2-4-10-20/h2-10H,11-16,31H2,1H3,(H,32,33,34). The fourth-order valence-corrected chi connectivity index (χ4v) is 4.73. The lowest BCUT2D eigenvalue weighted by Crippen LogP contribution is -2.29. The summed E-state index contributed by atoms with van der Waals surface area (Å²) in [5.74, 6) is -6.98. The molecule has 0 atom stereocenters. The third-order valence-electron chi connectivity index (χ3n) is 6.05. The number of anilines is 3. The Morgan fingerprint density at radius 2 is 1.78 bits per heavy atom. The van der Waals surface area contributed by atoms with Crippen molar-refractivity contribution in [3.8, 4) is 0 Å². The molecule has 0 spiro atoms. The van der Waals surface area contributed by atoms with Gasteiger partial charge in [0.05, 0.1) is 6.54 Å². The van der Waals surface area contributed by atoms with E-state index in [4.69, 9.17) is 5.73 Å². The number of halogens is 4. The van der Waals surface area contributed by atoms with Gasteiger partial charge in [0.15, 0.2) is 16.8 Å². The minimum absolute atomic E-state index is 0.0243. The number of nitrogens with zero attached hydrogens (tertiary/aromatic N) is 3. The van der Waals surface area contributed by atoms with Gasteiger partial charge in [-0.15, -0.1) is 0 Å². The number of aromatic nitrogens is 2. The highest BCUT2D eigenvalue weighted by atomic mass is 32.2. The van der Waals surface area contributed by atoms with E-state index in [1.165, 1.54) is 47.9 Å². The molecule has 3 aromatic rings. The normalized spacial score (nSPS) is 15.1. The van der Waals surface area contributed by atoms with Crippen molar-refractivity contribution in [2.45, 2.75) is 38.2 Å². The van der Waals surface area contributed by atoms with E-state index in [1.807, 2.05) is 24.3 Å². The first-order valence-electron chi connectivity index (χ1n) is 11.7. The summed E-state index contributed by atoms with van der Waals surface area (Å²) in [6, 6.07) is 14.6. The highest BCUT2D eigenvalue weighted by Crippen LogP contribution is 2.40. The van der Waals surface area contributed by atoms with E-state index in [0.29, 0.717) is 12.2 Å². The Morgan fingerprint density at radius 1 is 1.11 bits per heavy atom. The van der Waals surface area contributed by atoms with Gasteiger partial charge in [-0.2, -0.15) is 8.78 Å². The monoisotopic (exact) mass is 533 g/mol. The molecule has 6 nitrogen and oxygen atoms in total. The number of carbonyl (C=O) groups excluding carboxylic acids is 1. The van der Waals surface area contributed by atoms with E-state index >= 15 is 8.78 Å². The molecule has 2 heterocycles. The van der Waals surface area contributed by atoms with E-state index in [2.05, 4.69) is 15.3 Å². The average molecular weight is 534 g/mol. The van der Waals surface area contributed by atoms with E-state index in [-0.39, 0.29) is 41.1 Å². The number of nitrogen functional groups attached to an aromatic ring is 1. The maximum absolute atomic E-state index is 15.5. The molecule has 2 aromatic carbocycles. The zero-order valence-electron chi connectivity index (χ0n) is 20.2. The van der Waals surface area contributed by atoms with Crippen molar-refractivity contribution in [2.75, 3.05) is 34.8 Å². The van der Waals surface area contributed by atoms with Crippen molar-refractivity contribution < 1.29 is 22.4 Å². The lowest BCUT2D eigenvalue weighted by Gasteiger charge is -2.24. The number of benzene rings is 2. The number of hydrogen-bond donors (Lipinski definition) is 2. The van der Waals surface area contributed by atoms with Crippen LogP contribution < -0.4 is 16.0 Å². The molecular formula is C26H27F4N5OS. The summed E-state index contributed by atoms with van der Waals surface area (Å²) in [6.45, 7) is 0.974. The molecule has 1 aromatic heterocycles. The summed E-state index contributed by atoms with van der Waals surface area (Å²) >= 11 is 1.22. The number of rotatable bonds is 9. The maximum Gasteiger partial charge on any atom is 0.331 e. The van der Waals surface area contributed by atoms with E-state index in [9.17, 15) is 13.6 Å². The zero-order valence-corrected chi connectivity index (χ0v) is 21.0. The van der Waals surface area contributed by atoms with Gasteiger partial charge in [-0.1, -0.05) is 66.4 Å². The van der Waals surface area contributed by atoms with Gasteiger partial charge in [0.2, 0.25) is 5.82 Å². The number of alkyl halides is 4. The van der Waals surface area contributed by atoms with Crippen LogP contribution in [0.2, 0.25) is 0 Å². The smallest absolute Gasteiger partial charge is 0.331 e. The van der Waals surface area contributed by atoms with Crippen LogP contribution in [0.3, 0.4) is 0 Å². The molecule has 1 saturated heterocycles. The Labute approximate surface area is 216 Å². The highest BCUT2D eigenvalue weighted by molar-refractivity contribution is 8.13. The summed E-state index contributed by atoms with van der Waals surface area (Å²) < 4.78 is 58.9. The van der Waals surface area contributed by atoms with Crippen molar-refractivity contribution in [2.24, 2.45) is 0 Å². The Hall–Kier alpha value is -3.34. The molecule has 0 bridgehead atoms. The number of aryl methyl sites for hydroxylation is 1. The summed E-state index contributed by atoms with van der Waals surface area (Å²) in [4.78, 5) is 20.5. The molecule has 3 N–H and O–H groups in total. The molecule has 1 aliphatic heterocycles. The van der Waals surface area contributed by atoms with Crippen molar-refractivity contribution >= 4 is 34.2 Å². The molecule has 4 rings (SSSR count). The number of hydrogen-bond acceptors (Lipinski definition) is 7. The Bertz CT molecular complexity index is 1260. The van der Waals surface area contributed by atoms with Crippen LogP contribution in [0.15, 0.2) is 54.6 Å². The molecule has 0 aliphatic carbocycles. The molecule has 0 radical (unpaired) electrons. The number of carbonyl (C=O) groups is 1. The minimum Gasteiger partial charge on any atom is -0.393 e. The second-order valence-electron chi connectivity index (χ2n) is 8.81. The molecule has 0 unspecified atom stereocenters. The van der Waals surface area contributed by atoms with Gasteiger partial charge in [-0.3, -0.25) is 4.79 Å². The van der Waals surface area contributed by atoms with E-state index in [1.54, 1.807) is 6.07 Å². The maximum atomic E-state index is 15.5. The predicted octanol–water partition coefficient (Wildman–Crippen LogP) is 5.48. The van der Waals surface area contributed by atoms with Gasteiger partial charge in [-0.05, 0) is 17.5 Å². The predicted molar refractivity (Wildman–Crippen MR) is 138 cm³/mol. The first kappa shape index (κ1) is 26.7. The van der Waals surface area contributed by atoms with Gasteiger partial charge >= 0.3 is 5.92 Å². The first-order valence-corrected chi connectivity index (χ1v) is 12.7. The fraction of sp³-hybridized carbons (Fsp3) is 0.346. The van der Waals surface area contributed by atoms with Crippen LogP contribution in [0.5, 0.6) is 0 Å². The third kappa shape index (κ3) is 6.33. The van der Waals surface area contributed by atoms with Crippen LogP contribution in [-0.4, -0.2) is 39.8 Å². The summed E-state index contributed by atoms with van der Waals surface area (Å²) in [5.41, 5.74) is 7.71.